The summed E-state index contributed by atoms with van der Waals surface area (Å²) in [6.45, 7) is 1.06. The van der Waals surface area contributed by atoms with Crippen LogP contribution in [0.15, 0.2) is 29.2 Å². The van der Waals surface area contributed by atoms with Gasteiger partial charge in [0.15, 0.2) is 0 Å². The van der Waals surface area contributed by atoms with Gasteiger partial charge in [0.1, 0.15) is 0 Å². The summed E-state index contributed by atoms with van der Waals surface area (Å²) in [7, 11) is -2.00. The van der Waals surface area contributed by atoms with E-state index in [0.29, 0.717) is 25.1 Å². The second-order valence-corrected chi connectivity index (χ2v) is 8.15. The Morgan fingerprint density at radius 1 is 1.20 bits per heavy atom. The number of hydrogen-bond donors (Lipinski definition) is 2. The van der Waals surface area contributed by atoms with E-state index in [9.17, 15) is 13.2 Å². The van der Waals surface area contributed by atoms with Crippen LogP contribution in [0.1, 0.15) is 55.3 Å². The summed E-state index contributed by atoms with van der Waals surface area (Å²) >= 11 is 0. The van der Waals surface area contributed by atoms with Crippen LogP contribution in [0.2, 0.25) is 0 Å². The van der Waals surface area contributed by atoms with Crippen LogP contribution in [0.4, 0.5) is 0 Å². The van der Waals surface area contributed by atoms with E-state index >= 15 is 0 Å². The van der Waals surface area contributed by atoms with Gasteiger partial charge >= 0.3 is 0 Å². The van der Waals surface area contributed by atoms with Gasteiger partial charge in [-0.2, -0.15) is 0 Å². The van der Waals surface area contributed by atoms with Crippen LogP contribution < -0.4 is 10.0 Å². The Morgan fingerprint density at radius 2 is 1.92 bits per heavy atom. The summed E-state index contributed by atoms with van der Waals surface area (Å²) in [6.07, 6.45) is 6.89. The second-order valence-electron chi connectivity index (χ2n) is 6.44. The number of sulfonamides is 1. The minimum absolute atomic E-state index is 0.0148. The van der Waals surface area contributed by atoms with Gasteiger partial charge in [0.05, 0.1) is 4.90 Å². The average molecular weight is 368 g/mol. The summed E-state index contributed by atoms with van der Waals surface area (Å²) in [6, 6.07) is 6.17. The third-order valence-electron chi connectivity index (χ3n) is 4.39. The number of ether oxygens (including phenoxy) is 1. The minimum Gasteiger partial charge on any atom is -0.385 e. The molecule has 1 aromatic carbocycles. The lowest BCUT2D eigenvalue weighted by Crippen LogP contribution is -2.34. The molecule has 0 radical (unpaired) electrons. The van der Waals surface area contributed by atoms with E-state index in [1.54, 1.807) is 19.2 Å². The number of methoxy groups -OCH3 is 1. The van der Waals surface area contributed by atoms with Crippen LogP contribution >= 0.6 is 0 Å². The maximum Gasteiger partial charge on any atom is 0.251 e. The van der Waals surface area contributed by atoms with E-state index in [4.69, 9.17) is 4.74 Å². The van der Waals surface area contributed by atoms with Gasteiger partial charge < -0.3 is 10.1 Å². The first kappa shape index (κ1) is 19.9. The van der Waals surface area contributed by atoms with Crippen molar-refractivity contribution in [1.29, 1.82) is 0 Å². The molecule has 0 atom stereocenters. The average Bonchev–Trinajstić information content (AvgIpc) is 2.87. The van der Waals surface area contributed by atoms with Crippen molar-refractivity contribution in [2.24, 2.45) is 0 Å². The molecule has 1 fully saturated rings. The molecule has 1 aliphatic rings. The van der Waals surface area contributed by atoms with E-state index in [2.05, 4.69) is 10.0 Å². The molecule has 140 valence electrons. The molecule has 1 aliphatic carbocycles. The number of carbonyl (C=O) groups is 1. The van der Waals surface area contributed by atoms with Gasteiger partial charge in [0, 0.05) is 31.9 Å². The molecule has 1 aromatic rings. The second kappa shape index (κ2) is 9.89. The fourth-order valence-electron chi connectivity index (χ4n) is 3.01. The number of amides is 1. The summed E-state index contributed by atoms with van der Waals surface area (Å²) < 4.78 is 33.0. The quantitative estimate of drug-likeness (QED) is 0.545. The highest BCUT2D eigenvalue weighted by atomic mass is 32.2. The Kier molecular flexibility index (Phi) is 7.87. The maximum absolute atomic E-state index is 12.6. The van der Waals surface area contributed by atoms with Crippen LogP contribution in [0, 0.1) is 0 Å². The summed E-state index contributed by atoms with van der Waals surface area (Å²) in [5.74, 6) is -0.275. The Hall–Kier alpha value is -1.44. The first-order valence-electron chi connectivity index (χ1n) is 8.92. The summed E-state index contributed by atoms with van der Waals surface area (Å²) in [5, 5.41) is 2.77. The molecule has 25 heavy (non-hydrogen) atoms. The van der Waals surface area contributed by atoms with Crippen molar-refractivity contribution in [3.05, 3.63) is 29.8 Å². The molecule has 6 nitrogen and oxygen atoms in total. The normalized spacial score (nSPS) is 16.4. The van der Waals surface area contributed by atoms with E-state index in [-0.39, 0.29) is 16.8 Å². The first-order valence-corrected chi connectivity index (χ1v) is 10.4. The lowest BCUT2D eigenvalue weighted by molar-refractivity contribution is 0.0948. The van der Waals surface area contributed by atoms with Gasteiger partial charge in [-0.1, -0.05) is 31.7 Å². The lowest BCUT2D eigenvalue weighted by atomic mass is 10.1. The number of nitrogens with one attached hydrogen (secondary N) is 2. The third-order valence-corrected chi connectivity index (χ3v) is 5.91. The molecule has 0 saturated heterocycles. The van der Waals surface area contributed by atoms with Crippen LogP contribution in [0.25, 0.3) is 0 Å². The molecular formula is C18H28N2O4S. The maximum atomic E-state index is 12.6. The van der Waals surface area contributed by atoms with Crippen LogP contribution in [0.5, 0.6) is 0 Å². The van der Waals surface area contributed by atoms with Crippen molar-refractivity contribution >= 4 is 15.9 Å². The molecule has 0 unspecified atom stereocenters. The van der Waals surface area contributed by atoms with Crippen molar-refractivity contribution in [2.45, 2.75) is 55.9 Å². The highest BCUT2D eigenvalue weighted by molar-refractivity contribution is 7.89. The van der Waals surface area contributed by atoms with Gasteiger partial charge in [0.25, 0.3) is 5.91 Å². The standard InChI is InChI=1S/C18H28N2O4S/c1-24-13-7-12-19-18(21)15-8-6-11-17(14-15)25(22,23)20-16-9-4-2-3-5-10-16/h6,8,11,14,16,20H,2-5,7,9-10,12-13H2,1H3,(H,19,21). The van der Waals surface area contributed by atoms with Crippen LogP contribution in [-0.4, -0.2) is 40.6 Å². The summed E-state index contributed by atoms with van der Waals surface area (Å²) in [4.78, 5) is 12.3. The van der Waals surface area contributed by atoms with Gasteiger partial charge in [-0.05, 0) is 37.5 Å². The highest BCUT2D eigenvalue weighted by Crippen LogP contribution is 2.20. The predicted octanol–water partition coefficient (Wildman–Crippen LogP) is 2.45. The van der Waals surface area contributed by atoms with Crippen molar-refractivity contribution in [2.75, 3.05) is 20.3 Å². The zero-order valence-electron chi connectivity index (χ0n) is 14.8. The number of hydrogen-bond acceptors (Lipinski definition) is 4. The Morgan fingerprint density at radius 3 is 2.60 bits per heavy atom. The summed E-state index contributed by atoms with van der Waals surface area (Å²) in [5.41, 5.74) is 0.348. The lowest BCUT2D eigenvalue weighted by Gasteiger charge is -2.16. The largest absolute Gasteiger partial charge is 0.385 e. The fourth-order valence-corrected chi connectivity index (χ4v) is 4.36. The van der Waals surface area contributed by atoms with E-state index < -0.39 is 10.0 Å². The number of rotatable bonds is 8. The fraction of sp³-hybridized carbons (Fsp3) is 0.611. The van der Waals surface area contributed by atoms with Gasteiger partial charge in [0.2, 0.25) is 10.0 Å². The van der Waals surface area contributed by atoms with E-state index in [1.165, 1.54) is 12.1 Å². The van der Waals surface area contributed by atoms with Crippen molar-refractivity contribution in [1.82, 2.24) is 10.0 Å². The molecule has 1 amide bonds. The molecule has 7 heteroatoms. The van der Waals surface area contributed by atoms with Gasteiger partial charge in [-0.25, -0.2) is 13.1 Å². The predicted molar refractivity (Wildman–Crippen MR) is 97.1 cm³/mol. The van der Waals surface area contributed by atoms with Gasteiger partial charge in [-0.3, -0.25) is 4.79 Å². The topological polar surface area (TPSA) is 84.5 Å². The number of benzene rings is 1. The molecule has 0 aliphatic heterocycles. The molecule has 2 rings (SSSR count). The van der Waals surface area contributed by atoms with Crippen molar-refractivity contribution in [3.8, 4) is 0 Å². The zero-order valence-corrected chi connectivity index (χ0v) is 15.6. The minimum atomic E-state index is -3.61. The van der Waals surface area contributed by atoms with Crippen LogP contribution in [0.3, 0.4) is 0 Å². The Balaban J connectivity index is 2.01. The highest BCUT2D eigenvalue weighted by Gasteiger charge is 2.22. The molecule has 0 heterocycles. The smallest absolute Gasteiger partial charge is 0.251 e. The third kappa shape index (κ3) is 6.41. The van der Waals surface area contributed by atoms with Crippen molar-refractivity contribution in [3.63, 3.8) is 0 Å². The van der Waals surface area contributed by atoms with Gasteiger partial charge in [-0.15, -0.1) is 0 Å². The molecular weight excluding hydrogens is 340 g/mol. The molecule has 1 saturated carbocycles. The molecule has 2 N–H and O–H groups in total. The number of carbonyl (C=O) groups excluding carboxylic acids is 1. The molecule has 0 aromatic heterocycles. The van der Waals surface area contributed by atoms with Crippen LogP contribution in [-0.2, 0) is 14.8 Å². The zero-order chi connectivity index (χ0) is 18.1. The Bertz CT molecular complexity index is 653. The van der Waals surface area contributed by atoms with Crippen molar-refractivity contribution < 1.29 is 17.9 Å². The SMILES string of the molecule is COCCCNC(=O)c1cccc(S(=O)(=O)NC2CCCCCC2)c1. The monoisotopic (exact) mass is 368 g/mol. The van der Waals surface area contributed by atoms with E-state index in [1.807, 2.05) is 0 Å². The molecule has 0 spiro atoms. The Labute approximate surface area is 150 Å². The van der Waals surface area contributed by atoms with E-state index in [0.717, 1.165) is 38.5 Å². The first-order chi connectivity index (χ1) is 12.0. The molecule has 0 bridgehead atoms.